The molecule has 0 saturated carbocycles. The lowest BCUT2D eigenvalue weighted by Crippen LogP contribution is -2.43. The summed E-state index contributed by atoms with van der Waals surface area (Å²) < 4.78 is 38.5. The quantitative estimate of drug-likeness (QED) is 0.275. The average molecular weight is 498 g/mol. The highest BCUT2D eigenvalue weighted by Gasteiger charge is 2.42. The molecule has 0 aromatic carbocycles. The third-order valence-corrected chi connectivity index (χ3v) is 14.3. The first kappa shape index (κ1) is 26.4. The number of ether oxygens (including phenoxy) is 1. The Labute approximate surface area is 197 Å². The highest BCUT2D eigenvalue weighted by atomic mass is 35.5. The van der Waals surface area contributed by atoms with Crippen LogP contribution in [0.4, 0.5) is 5.82 Å². The van der Waals surface area contributed by atoms with Gasteiger partial charge in [0.15, 0.2) is 5.76 Å². The van der Waals surface area contributed by atoms with Crippen LogP contribution < -0.4 is 4.31 Å². The number of hydrogen-bond acceptors (Lipinski definition) is 6. The predicted octanol–water partition coefficient (Wildman–Crippen LogP) is 5.40. The van der Waals surface area contributed by atoms with E-state index in [1.165, 1.54) is 13.2 Å². The van der Waals surface area contributed by atoms with Gasteiger partial charge in [0, 0.05) is 13.3 Å². The van der Waals surface area contributed by atoms with Gasteiger partial charge in [0.05, 0.1) is 0 Å². The Bertz CT molecular complexity index is 1080. The second-order valence-corrected chi connectivity index (χ2v) is 16.4. The van der Waals surface area contributed by atoms with Gasteiger partial charge in [-0.3, -0.25) is 0 Å². The molecular weight excluding hydrogens is 466 g/mol. The van der Waals surface area contributed by atoms with Crippen LogP contribution in [-0.4, -0.2) is 40.5 Å². The van der Waals surface area contributed by atoms with Crippen molar-refractivity contribution in [3.8, 4) is 11.5 Å². The first-order valence-electron chi connectivity index (χ1n) is 10.5. The van der Waals surface area contributed by atoms with Crippen molar-refractivity contribution >= 4 is 35.5 Å². The van der Waals surface area contributed by atoms with Crippen molar-refractivity contribution < 1.29 is 17.7 Å². The zero-order chi connectivity index (χ0) is 24.3. The predicted molar refractivity (Wildman–Crippen MR) is 130 cm³/mol. The molecule has 2 aromatic heterocycles. The molecule has 0 unspecified atom stereocenters. The zero-order valence-electron chi connectivity index (χ0n) is 19.9. The molecule has 7 nitrogen and oxygen atoms in total. The summed E-state index contributed by atoms with van der Waals surface area (Å²) in [5.74, 6) is 3.42. The second-order valence-electron chi connectivity index (χ2n) is 8.64. The lowest BCUT2D eigenvalue weighted by Gasteiger charge is -2.38. The van der Waals surface area contributed by atoms with Crippen molar-refractivity contribution in [1.82, 2.24) is 10.1 Å². The first-order valence-corrected chi connectivity index (χ1v) is 14.6. The number of hydrogen-bond donors (Lipinski definition) is 0. The summed E-state index contributed by atoms with van der Waals surface area (Å²) in [7, 11) is -4.83. The monoisotopic (exact) mass is 497 g/mol. The summed E-state index contributed by atoms with van der Waals surface area (Å²) in [6.45, 7) is 14.5. The van der Waals surface area contributed by atoms with E-state index in [4.69, 9.17) is 20.9 Å². The molecule has 2 heterocycles. The Morgan fingerprint density at radius 1 is 1.19 bits per heavy atom. The van der Waals surface area contributed by atoms with E-state index in [2.05, 4.69) is 63.1 Å². The van der Waals surface area contributed by atoms with E-state index in [0.29, 0.717) is 22.4 Å². The van der Waals surface area contributed by atoms with E-state index in [0.717, 1.165) is 4.31 Å². The van der Waals surface area contributed by atoms with Crippen molar-refractivity contribution in [3.63, 3.8) is 0 Å². The standard InChI is InChI=1S/C22H32ClN3O4SSi/c1-15(2)32(16(3)4,17(5)6)13-11-19-20(10-9-12-24-19)31(27,28)26(14-29-8)22-21(23)18(7)30-25-22/h9-10,12,15-17H,14H2,1-8H3. The topological polar surface area (TPSA) is 85.5 Å². The SMILES string of the molecule is COCN(c1noc(C)c1Cl)S(=O)(=O)c1cccnc1C#C[Si](C(C)C)(C(C)C)C(C)C. The van der Waals surface area contributed by atoms with Crippen LogP contribution >= 0.6 is 11.6 Å². The molecule has 0 aliphatic rings. The van der Waals surface area contributed by atoms with Gasteiger partial charge in [-0.2, -0.15) is 0 Å². The Balaban J connectivity index is 2.68. The molecule has 10 heteroatoms. The minimum atomic E-state index is -4.13. The summed E-state index contributed by atoms with van der Waals surface area (Å²) in [5.41, 5.74) is 4.95. The summed E-state index contributed by atoms with van der Waals surface area (Å²) in [6.07, 6.45) is 1.54. The summed E-state index contributed by atoms with van der Waals surface area (Å²) in [5, 5.41) is 3.93. The Hall–Kier alpha value is -1.86. The molecule has 0 fully saturated rings. The fraction of sp³-hybridized carbons (Fsp3) is 0.545. The number of anilines is 1. The number of methoxy groups -OCH3 is 1. The fourth-order valence-corrected chi connectivity index (χ4v) is 11.1. The maximum Gasteiger partial charge on any atom is 0.270 e. The van der Waals surface area contributed by atoms with E-state index in [1.54, 1.807) is 19.2 Å². The number of sulfonamides is 1. The van der Waals surface area contributed by atoms with Crippen LogP contribution in [-0.2, 0) is 14.8 Å². The number of halogens is 1. The van der Waals surface area contributed by atoms with Crippen molar-refractivity contribution in [3.05, 3.63) is 34.8 Å². The van der Waals surface area contributed by atoms with Crippen LogP contribution in [0.3, 0.4) is 0 Å². The molecule has 32 heavy (non-hydrogen) atoms. The second kappa shape index (κ2) is 10.4. The van der Waals surface area contributed by atoms with Gasteiger partial charge in [0.25, 0.3) is 10.0 Å². The highest BCUT2D eigenvalue weighted by molar-refractivity contribution is 7.92. The molecule has 176 valence electrons. The van der Waals surface area contributed by atoms with E-state index >= 15 is 0 Å². The number of aromatic nitrogens is 2. The minimum Gasteiger partial charge on any atom is -0.363 e. The lowest BCUT2D eigenvalue weighted by molar-refractivity contribution is 0.208. The third kappa shape index (κ3) is 4.88. The van der Waals surface area contributed by atoms with Gasteiger partial charge in [-0.25, -0.2) is 17.7 Å². The summed E-state index contributed by atoms with van der Waals surface area (Å²) in [4.78, 5) is 4.29. The van der Waals surface area contributed by atoms with Crippen LogP contribution in [0.2, 0.25) is 21.6 Å². The maximum atomic E-state index is 13.6. The smallest absolute Gasteiger partial charge is 0.270 e. The number of pyridine rings is 1. The number of rotatable bonds is 8. The van der Waals surface area contributed by atoms with Crippen molar-refractivity contribution in [2.75, 3.05) is 18.1 Å². The molecular formula is C22H32ClN3O4SSi. The molecule has 0 amide bonds. The van der Waals surface area contributed by atoms with Crippen LogP contribution in [0.5, 0.6) is 0 Å². The molecule has 0 N–H and O–H groups in total. The molecule has 0 bridgehead atoms. The molecule has 2 aromatic rings. The van der Waals surface area contributed by atoms with Gasteiger partial charge in [0.2, 0.25) is 5.82 Å². The normalized spacial score (nSPS) is 12.4. The van der Waals surface area contributed by atoms with Crippen LogP contribution in [0.15, 0.2) is 27.7 Å². The Morgan fingerprint density at radius 2 is 1.78 bits per heavy atom. The van der Waals surface area contributed by atoms with E-state index < -0.39 is 18.1 Å². The number of nitrogens with zero attached hydrogens (tertiary/aromatic N) is 3. The Kier molecular flexibility index (Phi) is 8.56. The fourth-order valence-electron chi connectivity index (χ4n) is 4.28. The molecule has 0 aliphatic carbocycles. The molecule has 0 radical (unpaired) electrons. The van der Waals surface area contributed by atoms with Gasteiger partial charge in [-0.1, -0.05) is 64.2 Å². The number of aryl methyl sites for hydroxylation is 1. The van der Waals surface area contributed by atoms with Gasteiger partial charge in [0.1, 0.15) is 30.4 Å². The molecule has 0 spiro atoms. The average Bonchev–Trinajstić information content (AvgIpc) is 3.04. The summed E-state index contributed by atoms with van der Waals surface area (Å²) in [6, 6.07) is 3.05. The first-order chi connectivity index (χ1) is 14.9. The van der Waals surface area contributed by atoms with E-state index in [1.807, 2.05) is 0 Å². The van der Waals surface area contributed by atoms with Crippen molar-refractivity contribution in [2.24, 2.45) is 0 Å². The zero-order valence-corrected chi connectivity index (χ0v) is 22.5. The molecule has 0 saturated heterocycles. The van der Waals surface area contributed by atoms with Crippen molar-refractivity contribution in [2.45, 2.75) is 70.0 Å². The van der Waals surface area contributed by atoms with Gasteiger partial charge < -0.3 is 9.26 Å². The van der Waals surface area contributed by atoms with E-state index in [9.17, 15) is 8.42 Å². The largest absolute Gasteiger partial charge is 0.363 e. The van der Waals surface area contributed by atoms with Crippen LogP contribution in [0, 0.1) is 18.4 Å². The maximum absolute atomic E-state index is 13.6. The van der Waals surface area contributed by atoms with Crippen molar-refractivity contribution in [1.29, 1.82) is 0 Å². The van der Waals surface area contributed by atoms with Gasteiger partial charge in [-0.15, -0.1) is 5.54 Å². The molecule has 0 aliphatic heterocycles. The Morgan fingerprint density at radius 3 is 2.25 bits per heavy atom. The van der Waals surface area contributed by atoms with Crippen LogP contribution in [0.1, 0.15) is 53.0 Å². The van der Waals surface area contributed by atoms with Crippen LogP contribution in [0.25, 0.3) is 0 Å². The molecule has 0 atom stereocenters. The minimum absolute atomic E-state index is 0.0274. The van der Waals surface area contributed by atoms with E-state index in [-0.39, 0.29) is 28.2 Å². The van der Waals surface area contributed by atoms with Gasteiger partial charge in [-0.05, 0) is 35.7 Å². The summed E-state index contributed by atoms with van der Waals surface area (Å²) >= 11 is 6.24. The third-order valence-electron chi connectivity index (χ3n) is 5.86. The molecule has 2 rings (SSSR count). The highest BCUT2D eigenvalue weighted by Crippen LogP contribution is 2.41. The lowest BCUT2D eigenvalue weighted by atomic mass is 10.4. The van der Waals surface area contributed by atoms with Gasteiger partial charge >= 0.3 is 0 Å².